The summed E-state index contributed by atoms with van der Waals surface area (Å²) in [6.45, 7) is 4.68. The first kappa shape index (κ1) is 16.5. The molecule has 1 aromatic rings. The number of carbonyl (C=O) groups is 1. The molecule has 1 aromatic carbocycles. The smallest absolute Gasteiger partial charge is 0.216 e. The molecular formula is C15H24N2O3. The zero-order valence-electron chi connectivity index (χ0n) is 12.3. The highest BCUT2D eigenvalue weighted by Gasteiger charge is 2.18. The number of aliphatic hydroxyl groups excluding tert-OH is 1. The highest BCUT2D eigenvalue weighted by molar-refractivity contribution is 5.72. The fraction of sp³-hybridized carbons (Fsp3) is 0.533. The van der Waals surface area contributed by atoms with E-state index in [2.05, 4.69) is 10.6 Å². The number of rotatable bonds is 8. The lowest BCUT2D eigenvalue weighted by Crippen LogP contribution is -2.39. The van der Waals surface area contributed by atoms with Crippen LogP contribution in [0.15, 0.2) is 24.3 Å². The molecule has 3 N–H and O–H groups in total. The van der Waals surface area contributed by atoms with Gasteiger partial charge in [-0.25, -0.2) is 0 Å². The Kier molecular flexibility index (Phi) is 7.04. The lowest BCUT2D eigenvalue weighted by Gasteiger charge is -2.23. The first-order valence-corrected chi connectivity index (χ1v) is 6.88. The van der Waals surface area contributed by atoms with Crippen molar-refractivity contribution in [1.29, 1.82) is 0 Å². The van der Waals surface area contributed by atoms with E-state index in [4.69, 9.17) is 4.74 Å². The number of methoxy groups -OCH3 is 1. The van der Waals surface area contributed by atoms with Crippen LogP contribution in [0, 0.1) is 0 Å². The van der Waals surface area contributed by atoms with Crippen molar-refractivity contribution in [1.82, 2.24) is 10.6 Å². The highest BCUT2D eigenvalue weighted by atomic mass is 16.5. The number of benzene rings is 1. The first-order chi connectivity index (χ1) is 9.58. The minimum absolute atomic E-state index is 0.0480. The fourth-order valence-corrected chi connectivity index (χ4v) is 2.03. The normalized spacial score (nSPS) is 13.6. The Labute approximate surface area is 120 Å². The molecule has 0 saturated heterocycles. The van der Waals surface area contributed by atoms with E-state index in [0.717, 1.165) is 17.7 Å². The maximum absolute atomic E-state index is 10.8. The van der Waals surface area contributed by atoms with E-state index >= 15 is 0 Å². The van der Waals surface area contributed by atoms with E-state index in [1.54, 1.807) is 7.11 Å². The van der Waals surface area contributed by atoms with Crippen molar-refractivity contribution < 1.29 is 14.6 Å². The lowest BCUT2D eigenvalue weighted by atomic mass is 10.00. The SMILES string of the molecule is CCC(NCCNC(C)=O)C(O)c1cccc(OC)c1. The van der Waals surface area contributed by atoms with Crippen molar-refractivity contribution in [3.05, 3.63) is 29.8 Å². The molecule has 2 unspecified atom stereocenters. The second-order valence-electron chi connectivity index (χ2n) is 4.67. The maximum atomic E-state index is 10.8. The van der Waals surface area contributed by atoms with Gasteiger partial charge in [-0.2, -0.15) is 0 Å². The van der Waals surface area contributed by atoms with Gasteiger partial charge < -0.3 is 20.5 Å². The van der Waals surface area contributed by atoms with Crippen molar-refractivity contribution >= 4 is 5.91 Å². The minimum Gasteiger partial charge on any atom is -0.497 e. The molecule has 0 aliphatic rings. The van der Waals surface area contributed by atoms with Gasteiger partial charge in [0.25, 0.3) is 0 Å². The summed E-state index contributed by atoms with van der Waals surface area (Å²) in [6.07, 6.45) is 0.186. The molecule has 5 nitrogen and oxygen atoms in total. The molecule has 1 amide bonds. The number of aliphatic hydroxyl groups is 1. The molecule has 2 atom stereocenters. The largest absolute Gasteiger partial charge is 0.497 e. The zero-order chi connectivity index (χ0) is 15.0. The number of carbonyl (C=O) groups excluding carboxylic acids is 1. The summed E-state index contributed by atoms with van der Waals surface area (Å²) in [5, 5.41) is 16.4. The molecule has 0 aliphatic heterocycles. The quantitative estimate of drug-likeness (QED) is 0.626. The Balaban J connectivity index is 2.56. The first-order valence-electron chi connectivity index (χ1n) is 6.88. The maximum Gasteiger partial charge on any atom is 0.216 e. The van der Waals surface area contributed by atoms with E-state index in [1.165, 1.54) is 6.92 Å². The second kappa shape index (κ2) is 8.55. The average Bonchev–Trinajstić information content (AvgIpc) is 2.46. The van der Waals surface area contributed by atoms with Gasteiger partial charge in [0.1, 0.15) is 5.75 Å². The molecule has 0 aliphatic carbocycles. The van der Waals surface area contributed by atoms with Crippen molar-refractivity contribution in [3.8, 4) is 5.75 Å². The van der Waals surface area contributed by atoms with Gasteiger partial charge >= 0.3 is 0 Å². The van der Waals surface area contributed by atoms with E-state index in [-0.39, 0.29) is 11.9 Å². The Morgan fingerprint density at radius 3 is 2.75 bits per heavy atom. The van der Waals surface area contributed by atoms with Gasteiger partial charge in [0.2, 0.25) is 5.91 Å². The van der Waals surface area contributed by atoms with Gasteiger partial charge in [-0.1, -0.05) is 19.1 Å². The summed E-state index contributed by atoms with van der Waals surface area (Å²) in [6, 6.07) is 7.37. The molecule has 0 heterocycles. The van der Waals surface area contributed by atoms with Crippen molar-refractivity contribution in [2.45, 2.75) is 32.4 Å². The number of hydrogen-bond acceptors (Lipinski definition) is 4. The molecule has 1 rings (SSSR count). The van der Waals surface area contributed by atoms with Crippen LogP contribution in [0.4, 0.5) is 0 Å². The topological polar surface area (TPSA) is 70.6 Å². The summed E-state index contributed by atoms with van der Waals surface area (Å²) in [7, 11) is 1.61. The monoisotopic (exact) mass is 280 g/mol. The zero-order valence-corrected chi connectivity index (χ0v) is 12.3. The van der Waals surface area contributed by atoms with Gasteiger partial charge in [-0.15, -0.1) is 0 Å². The highest BCUT2D eigenvalue weighted by Crippen LogP contribution is 2.22. The predicted octanol–water partition coefficient (Wildman–Crippen LogP) is 1.23. The number of nitrogens with one attached hydrogen (secondary N) is 2. The summed E-state index contributed by atoms with van der Waals surface area (Å²) < 4.78 is 5.16. The van der Waals surface area contributed by atoms with Gasteiger partial charge in [0.15, 0.2) is 0 Å². The van der Waals surface area contributed by atoms with Crippen LogP contribution in [0.5, 0.6) is 5.75 Å². The molecule has 0 radical (unpaired) electrons. The van der Waals surface area contributed by atoms with Gasteiger partial charge in [-0.3, -0.25) is 4.79 Å². The molecule has 20 heavy (non-hydrogen) atoms. The Morgan fingerprint density at radius 2 is 2.15 bits per heavy atom. The van der Waals surface area contributed by atoms with Crippen LogP contribution in [0.1, 0.15) is 31.9 Å². The van der Waals surface area contributed by atoms with Crippen molar-refractivity contribution in [3.63, 3.8) is 0 Å². The summed E-state index contributed by atoms with van der Waals surface area (Å²) >= 11 is 0. The third-order valence-electron chi connectivity index (χ3n) is 3.16. The standard InChI is InChI=1S/C15H24N2O3/c1-4-14(17-9-8-16-11(2)18)15(19)12-6-5-7-13(10-12)20-3/h5-7,10,14-15,17,19H,4,8-9H2,1-3H3,(H,16,18). The lowest BCUT2D eigenvalue weighted by molar-refractivity contribution is -0.118. The van der Waals surface area contributed by atoms with Crippen molar-refractivity contribution in [2.24, 2.45) is 0 Å². The summed E-state index contributed by atoms with van der Waals surface area (Å²) in [4.78, 5) is 10.8. The Bertz CT molecular complexity index is 423. The van der Waals surface area contributed by atoms with Crippen molar-refractivity contribution in [2.75, 3.05) is 20.2 Å². The van der Waals surface area contributed by atoms with Crippen LogP contribution in [0.2, 0.25) is 0 Å². The summed E-state index contributed by atoms with van der Waals surface area (Å²) in [5.74, 6) is 0.683. The van der Waals surface area contributed by atoms with Gasteiger partial charge in [-0.05, 0) is 24.1 Å². The molecule has 5 heteroatoms. The molecule has 112 valence electrons. The number of amides is 1. The number of hydrogen-bond donors (Lipinski definition) is 3. The minimum atomic E-state index is -0.604. The van der Waals surface area contributed by atoms with Crippen LogP contribution in [-0.4, -0.2) is 37.3 Å². The van der Waals surface area contributed by atoms with Crippen LogP contribution in [0.25, 0.3) is 0 Å². The molecule has 0 saturated carbocycles. The van der Waals surface area contributed by atoms with Gasteiger partial charge in [0.05, 0.1) is 13.2 Å². The third kappa shape index (κ3) is 5.19. The van der Waals surface area contributed by atoms with E-state index < -0.39 is 6.10 Å². The Hall–Kier alpha value is -1.59. The molecule has 0 aromatic heterocycles. The third-order valence-corrected chi connectivity index (χ3v) is 3.16. The molecule has 0 spiro atoms. The van der Waals surface area contributed by atoms with Crippen LogP contribution >= 0.6 is 0 Å². The fourth-order valence-electron chi connectivity index (χ4n) is 2.03. The summed E-state index contributed by atoms with van der Waals surface area (Å²) in [5.41, 5.74) is 0.822. The molecule has 0 bridgehead atoms. The van der Waals surface area contributed by atoms with Crippen LogP contribution in [-0.2, 0) is 4.79 Å². The van der Waals surface area contributed by atoms with Crippen LogP contribution < -0.4 is 15.4 Å². The van der Waals surface area contributed by atoms with E-state index in [9.17, 15) is 9.90 Å². The Morgan fingerprint density at radius 1 is 1.40 bits per heavy atom. The van der Waals surface area contributed by atoms with Gasteiger partial charge in [0, 0.05) is 26.1 Å². The average molecular weight is 280 g/mol. The predicted molar refractivity (Wildman–Crippen MR) is 78.7 cm³/mol. The van der Waals surface area contributed by atoms with Crippen LogP contribution in [0.3, 0.4) is 0 Å². The second-order valence-corrected chi connectivity index (χ2v) is 4.67. The van der Waals surface area contributed by atoms with E-state index in [1.807, 2.05) is 31.2 Å². The molecule has 0 fully saturated rings. The number of ether oxygens (including phenoxy) is 1. The van der Waals surface area contributed by atoms with E-state index in [0.29, 0.717) is 13.1 Å². The molecular weight excluding hydrogens is 256 g/mol.